The number of nitrogens with zero attached hydrogens (tertiary/aromatic N) is 3. The lowest BCUT2D eigenvalue weighted by Crippen LogP contribution is -2.05. The van der Waals surface area contributed by atoms with Crippen molar-refractivity contribution in [3.63, 3.8) is 0 Å². The maximum absolute atomic E-state index is 5.97. The summed E-state index contributed by atoms with van der Waals surface area (Å²) in [5.74, 6) is 1.56. The molecule has 0 radical (unpaired) electrons. The number of rotatable bonds is 4. The van der Waals surface area contributed by atoms with Crippen molar-refractivity contribution in [2.45, 2.75) is 45.1 Å². The van der Waals surface area contributed by atoms with Gasteiger partial charge in [0.25, 0.3) is 0 Å². The summed E-state index contributed by atoms with van der Waals surface area (Å²) < 4.78 is 2.12. The Morgan fingerprint density at radius 1 is 1.33 bits per heavy atom. The summed E-state index contributed by atoms with van der Waals surface area (Å²) in [7, 11) is 0. The van der Waals surface area contributed by atoms with E-state index in [1.807, 2.05) is 6.07 Å². The zero-order chi connectivity index (χ0) is 12.4. The van der Waals surface area contributed by atoms with Gasteiger partial charge >= 0.3 is 0 Å². The van der Waals surface area contributed by atoms with Crippen LogP contribution in [0.15, 0.2) is 18.5 Å². The van der Waals surface area contributed by atoms with Gasteiger partial charge in [0.1, 0.15) is 5.52 Å². The van der Waals surface area contributed by atoms with Crippen molar-refractivity contribution in [1.82, 2.24) is 14.5 Å². The van der Waals surface area contributed by atoms with Gasteiger partial charge in [-0.3, -0.25) is 4.98 Å². The topological polar surface area (TPSA) is 56.7 Å². The zero-order valence-electron chi connectivity index (χ0n) is 10.7. The summed E-state index contributed by atoms with van der Waals surface area (Å²) in [5, 5.41) is 0. The molecule has 3 rings (SSSR count). The molecule has 0 unspecified atom stereocenters. The Bertz CT molecular complexity index is 526. The van der Waals surface area contributed by atoms with Gasteiger partial charge in [0.2, 0.25) is 5.95 Å². The molecule has 2 heterocycles. The fraction of sp³-hybridized carbons (Fsp3) is 0.571. The molecule has 0 amide bonds. The van der Waals surface area contributed by atoms with E-state index in [4.69, 9.17) is 5.73 Å². The van der Waals surface area contributed by atoms with Gasteiger partial charge in [0.15, 0.2) is 0 Å². The molecule has 1 saturated carbocycles. The third kappa shape index (κ3) is 2.19. The van der Waals surface area contributed by atoms with Crippen LogP contribution in [0.5, 0.6) is 0 Å². The van der Waals surface area contributed by atoms with E-state index in [0.717, 1.165) is 23.5 Å². The number of anilines is 1. The number of aromatic nitrogens is 3. The molecule has 2 N–H and O–H groups in total. The third-order valence-electron chi connectivity index (χ3n) is 4.05. The van der Waals surface area contributed by atoms with Crippen LogP contribution in [0.4, 0.5) is 5.95 Å². The van der Waals surface area contributed by atoms with Crippen LogP contribution < -0.4 is 5.73 Å². The zero-order valence-corrected chi connectivity index (χ0v) is 10.7. The molecule has 1 aliphatic carbocycles. The Morgan fingerprint density at radius 2 is 2.17 bits per heavy atom. The van der Waals surface area contributed by atoms with E-state index in [-0.39, 0.29) is 0 Å². The molecule has 2 aromatic heterocycles. The van der Waals surface area contributed by atoms with Crippen LogP contribution in [0.3, 0.4) is 0 Å². The minimum atomic E-state index is 0.615. The summed E-state index contributed by atoms with van der Waals surface area (Å²) >= 11 is 0. The summed E-state index contributed by atoms with van der Waals surface area (Å²) in [6.45, 7) is 0.975. The Kier molecular flexibility index (Phi) is 3.17. The summed E-state index contributed by atoms with van der Waals surface area (Å²) in [6.07, 6.45) is 11.8. The molecule has 2 aromatic rings. The molecule has 96 valence electrons. The molecule has 1 aliphatic rings. The normalized spacial score (nSPS) is 16.7. The number of hydrogen-bond acceptors (Lipinski definition) is 3. The minimum absolute atomic E-state index is 0.615. The molecule has 1 fully saturated rings. The Balaban J connectivity index is 1.68. The van der Waals surface area contributed by atoms with Crippen LogP contribution in [0.25, 0.3) is 11.0 Å². The number of hydrogen-bond donors (Lipinski definition) is 1. The fourth-order valence-corrected chi connectivity index (χ4v) is 3.07. The molecular weight excluding hydrogens is 224 g/mol. The highest BCUT2D eigenvalue weighted by molar-refractivity contribution is 5.76. The first-order valence-corrected chi connectivity index (χ1v) is 6.90. The van der Waals surface area contributed by atoms with Gasteiger partial charge in [0, 0.05) is 12.7 Å². The quantitative estimate of drug-likeness (QED) is 0.899. The van der Waals surface area contributed by atoms with Crippen LogP contribution in [0, 0.1) is 5.92 Å². The van der Waals surface area contributed by atoms with Gasteiger partial charge in [-0.2, -0.15) is 0 Å². The predicted octanol–water partition coefficient (Wildman–Crippen LogP) is 2.98. The van der Waals surface area contributed by atoms with Crippen LogP contribution in [0.2, 0.25) is 0 Å². The highest BCUT2D eigenvalue weighted by atomic mass is 15.2. The molecular formula is C14H20N4. The van der Waals surface area contributed by atoms with Crippen molar-refractivity contribution in [3.8, 4) is 0 Å². The molecule has 0 aliphatic heterocycles. The fourth-order valence-electron chi connectivity index (χ4n) is 3.07. The second kappa shape index (κ2) is 4.96. The van der Waals surface area contributed by atoms with E-state index in [9.17, 15) is 0 Å². The van der Waals surface area contributed by atoms with Gasteiger partial charge in [-0.1, -0.05) is 25.7 Å². The summed E-state index contributed by atoms with van der Waals surface area (Å²) in [5.41, 5.74) is 7.98. The van der Waals surface area contributed by atoms with E-state index in [1.165, 1.54) is 38.5 Å². The number of imidazole rings is 1. The molecule has 4 heteroatoms. The van der Waals surface area contributed by atoms with Crippen molar-refractivity contribution < 1.29 is 0 Å². The summed E-state index contributed by atoms with van der Waals surface area (Å²) in [6, 6.07) is 1.99. The largest absolute Gasteiger partial charge is 0.369 e. The van der Waals surface area contributed by atoms with Crippen molar-refractivity contribution in [1.29, 1.82) is 0 Å². The van der Waals surface area contributed by atoms with Crippen molar-refractivity contribution in [2.24, 2.45) is 5.92 Å². The predicted molar refractivity (Wildman–Crippen MR) is 73.1 cm³/mol. The molecule has 0 bridgehead atoms. The van der Waals surface area contributed by atoms with Crippen molar-refractivity contribution in [2.75, 3.05) is 5.73 Å². The average molecular weight is 244 g/mol. The highest BCUT2D eigenvalue weighted by Gasteiger charge is 2.15. The highest BCUT2D eigenvalue weighted by Crippen LogP contribution is 2.29. The van der Waals surface area contributed by atoms with Crippen LogP contribution >= 0.6 is 0 Å². The number of aryl methyl sites for hydroxylation is 1. The first-order chi connectivity index (χ1) is 8.84. The Hall–Kier alpha value is -1.58. The molecule has 18 heavy (non-hydrogen) atoms. The number of pyridine rings is 1. The van der Waals surface area contributed by atoms with E-state index in [2.05, 4.69) is 14.5 Å². The van der Waals surface area contributed by atoms with Crippen LogP contribution in [-0.4, -0.2) is 14.5 Å². The lowest BCUT2D eigenvalue weighted by atomic mass is 10.0. The molecule has 0 saturated heterocycles. The standard InChI is InChI=1S/C14H20N4/c15-14-17-12-10-16-8-7-13(12)18(14)9-3-6-11-4-1-2-5-11/h7-8,10-11H,1-6,9H2,(H2,15,17). The van der Waals surface area contributed by atoms with E-state index >= 15 is 0 Å². The maximum atomic E-state index is 5.97. The van der Waals surface area contributed by atoms with Gasteiger partial charge in [-0.15, -0.1) is 0 Å². The van der Waals surface area contributed by atoms with Gasteiger partial charge in [-0.25, -0.2) is 4.98 Å². The lowest BCUT2D eigenvalue weighted by Gasteiger charge is -2.10. The second-order valence-corrected chi connectivity index (χ2v) is 5.28. The second-order valence-electron chi connectivity index (χ2n) is 5.28. The summed E-state index contributed by atoms with van der Waals surface area (Å²) in [4.78, 5) is 8.42. The smallest absolute Gasteiger partial charge is 0.201 e. The molecule has 0 aromatic carbocycles. The average Bonchev–Trinajstić information content (AvgIpc) is 2.98. The van der Waals surface area contributed by atoms with Crippen molar-refractivity contribution in [3.05, 3.63) is 18.5 Å². The van der Waals surface area contributed by atoms with Gasteiger partial charge < -0.3 is 10.3 Å². The Labute approximate surface area is 107 Å². The number of fused-ring (bicyclic) bond motifs is 1. The maximum Gasteiger partial charge on any atom is 0.201 e. The lowest BCUT2D eigenvalue weighted by molar-refractivity contribution is 0.462. The third-order valence-corrected chi connectivity index (χ3v) is 4.05. The first-order valence-electron chi connectivity index (χ1n) is 6.90. The SMILES string of the molecule is Nc1nc2cnccc2n1CCCC1CCCC1. The van der Waals surface area contributed by atoms with Crippen molar-refractivity contribution >= 4 is 17.0 Å². The number of nitrogens with two attached hydrogens (primary N) is 1. The van der Waals surface area contributed by atoms with Gasteiger partial charge in [-0.05, 0) is 24.8 Å². The van der Waals surface area contributed by atoms with E-state index in [0.29, 0.717) is 5.95 Å². The van der Waals surface area contributed by atoms with Crippen LogP contribution in [-0.2, 0) is 6.54 Å². The minimum Gasteiger partial charge on any atom is -0.369 e. The molecule has 0 spiro atoms. The number of nitrogen functional groups attached to an aromatic ring is 1. The monoisotopic (exact) mass is 244 g/mol. The molecule has 0 atom stereocenters. The Morgan fingerprint density at radius 3 is 3.00 bits per heavy atom. The van der Waals surface area contributed by atoms with E-state index in [1.54, 1.807) is 12.4 Å². The van der Waals surface area contributed by atoms with E-state index < -0.39 is 0 Å². The van der Waals surface area contributed by atoms with Gasteiger partial charge in [0.05, 0.1) is 11.7 Å². The first kappa shape index (κ1) is 11.5. The van der Waals surface area contributed by atoms with Crippen LogP contribution in [0.1, 0.15) is 38.5 Å². The molecule has 4 nitrogen and oxygen atoms in total.